The van der Waals surface area contributed by atoms with E-state index in [4.69, 9.17) is 4.74 Å². The average Bonchev–Trinajstić information content (AvgIpc) is 3.11. The molecular weight excluding hydrogens is 334 g/mol. The van der Waals surface area contributed by atoms with Crippen LogP contribution in [0, 0.1) is 11.8 Å². The van der Waals surface area contributed by atoms with Crippen molar-refractivity contribution in [1.29, 1.82) is 0 Å². The monoisotopic (exact) mass is 359 g/mol. The van der Waals surface area contributed by atoms with Gasteiger partial charge in [-0.1, -0.05) is 19.1 Å². The first-order valence-corrected chi connectivity index (χ1v) is 8.73. The van der Waals surface area contributed by atoms with Crippen LogP contribution in [-0.2, 0) is 19.1 Å². The van der Waals surface area contributed by atoms with Gasteiger partial charge in [-0.15, -0.1) is 0 Å². The van der Waals surface area contributed by atoms with Crippen molar-refractivity contribution in [3.63, 3.8) is 0 Å². The summed E-state index contributed by atoms with van der Waals surface area (Å²) in [5.41, 5.74) is 0.715. The van der Waals surface area contributed by atoms with Crippen LogP contribution >= 0.6 is 0 Å². The Kier molecular flexibility index (Phi) is 4.52. The summed E-state index contributed by atoms with van der Waals surface area (Å²) in [5, 5.41) is 3.30. The minimum atomic E-state index is -1.19. The van der Waals surface area contributed by atoms with Crippen LogP contribution in [0.1, 0.15) is 24.9 Å². The van der Waals surface area contributed by atoms with E-state index in [2.05, 4.69) is 5.32 Å². The minimum absolute atomic E-state index is 0.256. The number of fused-ring (bicyclic) bond motifs is 1. The number of nitrogens with one attached hydrogen (secondary N) is 1. The standard InChI is InChI=1S/C19H25N3O4/c1-6-19(18(25)26-5)14-13(16(23)22(4)17(14)24)15(20-19)11-7-9-12(10-8-11)21(2)3/h7-10,13-15,20H,6H2,1-5H3/t13-,14+,15-,19-/m0/s1. The van der Waals surface area contributed by atoms with Gasteiger partial charge in [-0.3, -0.25) is 24.6 Å². The summed E-state index contributed by atoms with van der Waals surface area (Å²) in [6, 6.07) is 7.37. The number of hydrogen-bond acceptors (Lipinski definition) is 6. The molecule has 140 valence electrons. The normalized spacial score (nSPS) is 30.5. The Morgan fingerprint density at radius 1 is 1.23 bits per heavy atom. The van der Waals surface area contributed by atoms with E-state index >= 15 is 0 Å². The lowest BCUT2D eigenvalue weighted by Gasteiger charge is -2.30. The summed E-state index contributed by atoms with van der Waals surface area (Å²) in [5.74, 6) is -2.45. The number of carbonyl (C=O) groups is 3. The number of amides is 2. The smallest absolute Gasteiger partial charge is 0.326 e. The van der Waals surface area contributed by atoms with Crippen molar-refractivity contribution in [3.8, 4) is 0 Å². The Morgan fingerprint density at radius 2 is 1.85 bits per heavy atom. The van der Waals surface area contributed by atoms with Crippen molar-refractivity contribution in [2.75, 3.05) is 33.2 Å². The quantitative estimate of drug-likeness (QED) is 0.637. The molecule has 0 unspecified atom stereocenters. The molecule has 26 heavy (non-hydrogen) atoms. The van der Waals surface area contributed by atoms with Gasteiger partial charge in [0.1, 0.15) is 5.54 Å². The highest BCUT2D eigenvalue weighted by Crippen LogP contribution is 2.50. The van der Waals surface area contributed by atoms with Crippen molar-refractivity contribution in [1.82, 2.24) is 10.2 Å². The molecule has 1 aromatic carbocycles. The maximum Gasteiger partial charge on any atom is 0.326 e. The lowest BCUT2D eigenvalue weighted by Crippen LogP contribution is -2.55. The average molecular weight is 359 g/mol. The molecule has 2 fully saturated rings. The van der Waals surface area contributed by atoms with Crippen LogP contribution in [-0.4, -0.2) is 56.5 Å². The molecule has 0 saturated carbocycles. The van der Waals surface area contributed by atoms with Crippen molar-refractivity contribution in [2.45, 2.75) is 24.9 Å². The third-order valence-electron chi connectivity index (χ3n) is 5.75. The largest absolute Gasteiger partial charge is 0.468 e. The van der Waals surface area contributed by atoms with E-state index in [0.29, 0.717) is 6.42 Å². The molecule has 0 bridgehead atoms. The zero-order chi connectivity index (χ0) is 19.2. The Morgan fingerprint density at radius 3 is 2.35 bits per heavy atom. The van der Waals surface area contributed by atoms with Gasteiger partial charge in [0.15, 0.2) is 0 Å². The molecule has 2 aliphatic rings. The zero-order valence-electron chi connectivity index (χ0n) is 15.8. The molecule has 1 aromatic rings. The molecule has 7 nitrogen and oxygen atoms in total. The summed E-state index contributed by atoms with van der Waals surface area (Å²) in [6.07, 6.45) is 0.361. The van der Waals surface area contributed by atoms with E-state index in [-0.39, 0.29) is 11.8 Å². The predicted octanol–water partition coefficient (Wildman–Crippen LogP) is 0.950. The third-order valence-corrected chi connectivity index (χ3v) is 5.75. The Hall–Kier alpha value is -2.41. The minimum Gasteiger partial charge on any atom is -0.468 e. The van der Waals surface area contributed by atoms with Crippen molar-refractivity contribution in [3.05, 3.63) is 29.8 Å². The Labute approximate surface area is 153 Å². The van der Waals surface area contributed by atoms with Crippen LogP contribution in [0.25, 0.3) is 0 Å². The molecule has 2 saturated heterocycles. The van der Waals surface area contributed by atoms with E-state index in [1.165, 1.54) is 14.2 Å². The van der Waals surface area contributed by atoms with Crippen LogP contribution in [0.2, 0.25) is 0 Å². The van der Waals surface area contributed by atoms with E-state index in [0.717, 1.165) is 16.2 Å². The second-order valence-electron chi connectivity index (χ2n) is 7.16. The van der Waals surface area contributed by atoms with Crippen molar-refractivity contribution < 1.29 is 19.1 Å². The zero-order valence-corrected chi connectivity index (χ0v) is 15.8. The number of imide groups is 1. The predicted molar refractivity (Wildman–Crippen MR) is 96.4 cm³/mol. The van der Waals surface area contributed by atoms with Crippen molar-refractivity contribution in [2.24, 2.45) is 11.8 Å². The maximum atomic E-state index is 12.8. The highest BCUT2D eigenvalue weighted by atomic mass is 16.5. The summed E-state index contributed by atoms with van der Waals surface area (Å²) in [7, 11) is 6.69. The molecule has 0 aliphatic carbocycles. The van der Waals surface area contributed by atoms with Gasteiger partial charge < -0.3 is 9.64 Å². The Bertz CT molecular complexity index is 746. The van der Waals surface area contributed by atoms with E-state index in [9.17, 15) is 14.4 Å². The number of carbonyl (C=O) groups excluding carboxylic acids is 3. The number of hydrogen-bond donors (Lipinski definition) is 1. The van der Waals surface area contributed by atoms with Gasteiger partial charge in [0, 0.05) is 32.9 Å². The molecule has 2 heterocycles. The van der Waals surface area contributed by atoms with Gasteiger partial charge in [0.2, 0.25) is 11.8 Å². The number of benzene rings is 1. The molecule has 2 aliphatic heterocycles. The fourth-order valence-electron chi connectivity index (χ4n) is 4.25. The number of rotatable bonds is 4. The number of nitrogens with zero attached hydrogens (tertiary/aromatic N) is 2. The van der Waals surface area contributed by atoms with Gasteiger partial charge in [-0.25, -0.2) is 0 Å². The molecule has 3 rings (SSSR count). The molecule has 4 atom stereocenters. The van der Waals surface area contributed by atoms with Gasteiger partial charge in [0.05, 0.1) is 18.9 Å². The van der Waals surface area contributed by atoms with Gasteiger partial charge >= 0.3 is 5.97 Å². The van der Waals surface area contributed by atoms with Crippen LogP contribution in [0.15, 0.2) is 24.3 Å². The lowest BCUT2D eigenvalue weighted by atomic mass is 9.78. The molecule has 7 heteroatoms. The van der Waals surface area contributed by atoms with E-state index < -0.39 is 29.4 Å². The topological polar surface area (TPSA) is 79.0 Å². The molecular formula is C19H25N3O4. The van der Waals surface area contributed by atoms with E-state index in [1.54, 1.807) is 0 Å². The van der Waals surface area contributed by atoms with Gasteiger partial charge in [0.25, 0.3) is 0 Å². The molecule has 2 amide bonds. The number of anilines is 1. The SMILES string of the molecule is CC[C@]1(C(=O)OC)N[C@@H](c2ccc(N(C)C)cc2)[C@H]2C(=O)N(C)C(=O)[C@@H]21. The molecule has 0 spiro atoms. The molecule has 0 radical (unpaired) electrons. The van der Waals surface area contributed by atoms with Crippen molar-refractivity contribution >= 4 is 23.5 Å². The number of methoxy groups -OCH3 is 1. The summed E-state index contributed by atoms with van der Waals surface area (Å²) in [4.78, 5) is 41.3. The third kappa shape index (κ3) is 2.41. The highest BCUT2D eigenvalue weighted by molar-refractivity contribution is 6.09. The Balaban J connectivity index is 2.08. The van der Waals surface area contributed by atoms with Crippen LogP contribution in [0.3, 0.4) is 0 Å². The molecule has 0 aromatic heterocycles. The number of likely N-dealkylation sites (tertiary alicyclic amines) is 1. The van der Waals surface area contributed by atoms with Crippen LogP contribution in [0.4, 0.5) is 5.69 Å². The molecule has 1 N–H and O–H groups in total. The summed E-state index contributed by atoms with van der Waals surface area (Å²) >= 11 is 0. The van der Waals surface area contributed by atoms with Gasteiger partial charge in [-0.2, -0.15) is 0 Å². The second kappa shape index (κ2) is 6.39. The first-order chi connectivity index (χ1) is 12.3. The first-order valence-electron chi connectivity index (χ1n) is 8.73. The maximum absolute atomic E-state index is 12.8. The highest BCUT2D eigenvalue weighted by Gasteiger charge is 2.67. The van der Waals surface area contributed by atoms with E-state index in [1.807, 2.05) is 50.2 Å². The number of esters is 1. The fourth-order valence-corrected chi connectivity index (χ4v) is 4.25. The number of ether oxygens (including phenoxy) is 1. The van der Waals surface area contributed by atoms with Crippen LogP contribution < -0.4 is 10.2 Å². The van der Waals surface area contributed by atoms with Gasteiger partial charge in [-0.05, 0) is 24.1 Å². The lowest BCUT2D eigenvalue weighted by molar-refractivity contribution is -0.154. The van der Waals surface area contributed by atoms with Crippen LogP contribution in [0.5, 0.6) is 0 Å². The fraction of sp³-hybridized carbons (Fsp3) is 0.526. The first kappa shape index (κ1) is 18.4. The summed E-state index contributed by atoms with van der Waals surface area (Å²) < 4.78 is 5.00. The second-order valence-corrected chi connectivity index (χ2v) is 7.16. The summed E-state index contributed by atoms with van der Waals surface area (Å²) in [6.45, 7) is 1.83.